The van der Waals surface area contributed by atoms with Gasteiger partial charge >= 0.3 is 0 Å². The van der Waals surface area contributed by atoms with E-state index in [0.717, 1.165) is 27.6 Å². The Morgan fingerprint density at radius 3 is 2.50 bits per heavy atom. The Balaban J connectivity index is 0.00000196. The summed E-state index contributed by atoms with van der Waals surface area (Å²) >= 11 is 1.47. The first-order valence-corrected chi connectivity index (χ1v) is 9.45. The molecule has 1 atom stereocenters. The highest BCUT2D eigenvalue weighted by atomic mass is 35.5. The zero-order valence-electron chi connectivity index (χ0n) is 16.0. The molecule has 0 spiro atoms. The number of hydrogen-bond acceptors (Lipinski definition) is 5. The van der Waals surface area contributed by atoms with E-state index < -0.39 is 0 Å². The molecule has 0 fully saturated rings. The highest BCUT2D eigenvalue weighted by Crippen LogP contribution is 2.18. The van der Waals surface area contributed by atoms with Crippen molar-refractivity contribution in [1.82, 2.24) is 20.1 Å². The molecule has 0 aliphatic rings. The van der Waals surface area contributed by atoms with E-state index in [0.29, 0.717) is 18.7 Å². The van der Waals surface area contributed by atoms with Gasteiger partial charge in [-0.3, -0.25) is 4.79 Å². The van der Waals surface area contributed by atoms with E-state index in [1.54, 1.807) is 5.38 Å². The fourth-order valence-electron chi connectivity index (χ4n) is 2.80. The number of amides is 1. The number of aryl methyl sites for hydroxylation is 2. The highest BCUT2D eigenvalue weighted by Gasteiger charge is 2.15. The lowest BCUT2D eigenvalue weighted by Gasteiger charge is -2.14. The van der Waals surface area contributed by atoms with Gasteiger partial charge in [-0.2, -0.15) is 5.10 Å². The predicted octanol–water partition coefficient (Wildman–Crippen LogP) is 3.78. The van der Waals surface area contributed by atoms with Gasteiger partial charge in [0.1, 0.15) is 5.69 Å². The summed E-state index contributed by atoms with van der Waals surface area (Å²) in [5.41, 5.74) is 10.1. The van der Waals surface area contributed by atoms with Gasteiger partial charge in [0, 0.05) is 17.5 Å². The molecule has 2 aromatic heterocycles. The maximum absolute atomic E-state index is 12.4. The second kappa shape index (κ2) is 10.6. The van der Waals surface area contributed by atoms with Gasteiger partial charge in [0.25, 0.3) is 5.91 Å². The largest absolute Gasteiger partial charge is 0.344 e. The topological polar surface area (TPSA) is 85.8 Å². The average molecular weight is 442 g/mol. The van der Waals surface area contributed by atoms with E-state index in [1.807, 2.05) is 55.8 Å². The summed E-state index contributed by atoms with van der Waals surface area (Å²) in [5, 5.41) is 10.2. The molecule has 3 N–H and O–H groups in total. The van der Waals surface area contributed by atoms with Crippen molar-refractivity contribution in [3.63, 3.8) is 0 Å². The number of thiazole rings is 1. The van der Waals surface area contributed by atoms with E-state index in [1.165, 1.54) is 11.3 Å². The number of nitrogens with zero attached hydrogens (tertiary/aromatic N) is 3. The van der Waals surface area contributed by atoms with Crippen LogP contribution in [0.3, 0.4) is 0 Å². The number of rotatable bonds is 6. The van der Waals surface area contributed by atoms with Crippen molar-refractivity contribution in [1.29, 1.82) is 0 Å². The second-order valence-electron chi connectivity index (χ2n) is 6.29. The van der Waals surface area contributed by atoms with Gasteiger partial charge in [0.15, 0.2) is 0 Å². The summed E-state index contributed by atoms with van der Waals surface area (Å²) in [5.74, 6) is -0.167. The number of nitrogens with two attached hydrogens (primary N) is 1. The zero-order chi connectivity index (χ0) is 18.7. The van der Waals surface area contributed by atoms with E-state index in [2.05, 4.69) is 15.4 Å². The van der Waals surface area contributed by atoms with Crippen LogP contribution >= 0.6 is 36.2 Å². The van der Waals surface area contributed by atoms with Gasteiger partial charge in [-0.15, -0.1) is 36.2 Å². The first-order valence-electron chi connectivity index (χ1n) is 8.57. The van der Waals surface area contributed by atoms with E-state index in [-0.39, 0.29) is 36.8 Å². The number of hydrogen-bond donors (Lipinski definition) is 2. The van der Waals surface area contributed by atoms with Crippen LogP contribution in [0.5, 0.6) is 0 Å². The van der Waals surface area contributed by atoms with Crippen LogP contribution in [0.25, 0.3) is 5.69 Å². The molecule has 9 heteroatoms. The summed E-state index contributed by atoms with van der Waals surface area (Å²) in [6.45, 7) is 6.51. The molecule has 0 bridgehead atoms. The fraction of sp³-hybridized carbons (Fsp3) is 0.316. The highest BCUT2D eigenvalue weighted by molar-refractivity contribution is 7.09. The molecule has 1 unspecified atom stereocenters. The van der Waals surface area contributed by atoms with Gasteiger partial charge in [0.2, 0.25) is 0 Å². The third-order valence-electron chi connectivity index (χ3n) is 4.14. The Morgan fingerprint density at radius 2 is 1.93 bits per heavy atom. The smallest absolute Gasteiger partial charge is 0.271 e. The predicted molar refractivity (Wildman–Crippen MR) is 118 cm³/mol. The summed E-state index contributed by atoms with van der Waals surface area (Å²) in [7, 11) is 0. The van der Waals surface area contributed by atoms with Gasteiger partial charge < -0.3 is 11.1 Å². The van der Waals surface area contributed by atoms with Crippen LogP contribution in [0, 0.1) is 13.8 Å². The molecule has 1 amide bonds. The Morgan fingerprint density at radius 1 is 1.25 bits per heavy atom. The molecule has 2 heterocycles. The SMILES string of the molecule is Cc1cc(C)n(-c2ccc(C(C)NC(=O)c3csc(CCN)n3)cc2)n1.Cl.Cl. The molecular weight excluding hydrogens is 417 g/mol. The van der Waals surface area contributed by atoms with Gasteiger partial charge in [-0.25, -0.2) is 9.67 Å². The number of aromatic nitrogens is 3. The van der Waals surface area contributed by atoms with Crippen LogP contribution in [0.1, 0.15) is 45.4 Å². The number of carbonyl (C=O) groups excluding carboxylic acids is 1. The number of carbonyl (C=O) groups is 1. The first kappa shape index (κ1) is 24.1. The Bertz CT molecular complexity index is 907. The number of halogens is 2. The van der Waals surface area contributed by atoms with Crippen molar-refractivity contribution in [2.45, 2.75) is 33.2 Å². The van der Waals surface area contributed by atoms with Gasteiger partial charge in [0.05, 0.1) is 22.4 Å². The average Bonchev–Trinajstić information content (AvgIpc) is 3.21. The van der Waals surface area contributed by atoms with Crippen molar-refractivity contribution in [2.75, 3.05) is 6.54 Å². The molecule has 152 valence electrons. The lowest BCUT2D eigenvalue weighted by atomic mass is 10.1. The third-order valence-corrected chi connectivity index (χ3v) is 5.05. The van der Waals surface area contributed by atoms with Crippen LogP contribution < -0.4 is 11.1 Å². The van der Waals surface area contributed by atoms with Crippen molar-refractivity contribution in [3.05, 3.63) is 63.4 Å². The zero-order valence-corrected chi connectivity index (χ0v) is 18.5. The lowest BCUT2D eigenvalue weighted by molar-refractivity contribution is 0.0935. The minimum absolute atomic E-state index is 0. The van der Waals surface area contributed by atoms with Crippen LogP contribution in [0.15, 0.2) is 35.7 Å². The Kier molecular flexibility index (Phi) is 9.10. The summed E-state index contributed by atoms with van der Waals surface area (Å²) in [4.78, 5) is 16.7. The molecule has 0 saturated heterocycles. The standard InChI is InChI=1S/C19H23N5OS.2ClH/c1-12-10-13(2)24(23-12)16-6-4-15(5-7-16)14(3)21-19(25)17-11-26-18(22-17)8-9-20;;/h4-7,10-11,14H,8-9,20H2,1-3H3,(H,21,25);2*1H. The van der Waals surface area contributed by atoms with E-state index in [4.69, 9.17) is 5.73 Å². The van der Waals surface area contributed by atoms with Crippen LogP contribution in [0.4, 0.5) is 0 Å². The van der Waals surface area contributed by atoms with Crippen molar-refractivity contribution < 1.29 is 4.79 Å². The minimum atomic E-state index is -0.167. The van der Waals surface area contributed by atoms with E-state index in [9.17, 15) is 4.79 Å². The molecule has 3 aromatic rings. The maximum Gasteiger partial charge on any atom is 0.271 e. The summed E-state index contributed by atoms with van der Waals surface area (Å²) < 4.78 is 1.91. The summed E-state index contributed by atoms with van der Waals surface area (Å²) in [6.07, 6.45) is 0.696. The summed E-state index contributed by atoms with van der Waals surface area (Å²) in [6, 6.07) is 9.98. The molecule has 0 aliphatic carbocycles. The molecule has 28 heavy (non-hydrogen) atoms. The molecule has 0 saturated carbocycles. The molecule has 1 aromatic carbocycles. The van der Waals surface area contributed by atoms with Gasteiger partial charge in [-0.1, -0.05) is 12.1 Å². The lowest BCUT2D eigenvalue weighted by Crippen LogP contribution is -2.27. The first-order chi connectivity index (χ1) is 12.5. The molecule has 0 radical (unpaired) electrons. The number of benzene rings is 1. The van der Waals surface area contributed by atoms with Crippen LogP contribution in [-0.2, 0) is 6.42 Å². The Hall–Kier alpha value is -1.93. The van der Waals surface area contributed by atoms with Crippen LogP contribution in [0.2, 0.25) is 0 Å². The molecular formula is C19H25Cl2N5OS. The fourth-order valence-corrected chi connectivity index (χ4v) is 3.60. The molecule has 3 rings (SSSR count). The molecule has 0 aliphatic heterocycles. The van der Waals surface area contributed by atoms with Crippen molar-refractivity contribution >= 4 is 42.1 Å². The normalized spacial score (nSPS) is 11.3. The minimum Gasteiger partial charge on any atom is -0.344 e. The van der Waals surface area contributed by atoms with Crippen molar-refractivity contribution in [3.8, 4) is 5.69 Å². The Labute approximate surface area is 181 Å². The van der Waals surface area contributed by atoms with Crippen molar-refractivity contribution in [2.24, 2.45) is 5.73 Å². The number of nitrogens with one attached hydrogen (secondary N) is 1. The maximum atomic E-state index is 12.4. The van der Waals surface area contributed by atoms with Gasteiger partial charge in [-0.05, 0) is 51.1 Å². The van der Waals surface area contributed by atoms with Crippen LogP contribution in [-0.4, -0.2) is 27.2 Å². The monoisotopic (exact) mass is 441 g/mol. The van der Waals surface area contributed by atoms with E-state index >= 15 is 0 Å². The second-order valence-corrected chi connectivity index (χ2v) is 7.23. The third kappa shape index (κ3) is 5.54. The quantitative estimate of drug-likeness (QED) is 0.609. The molecule has 6 nitrogen and oxygen atoms in total.